The average molecular weight is 405 g/mol. The number of para-hydroxylation sites is 2. The molecule has 0 saturated heterocycles. The van der Waals surface area contributed by atoms with Crippen LogP contribution in [-0.2, 0) is 11.3 Å². The number of aromatic hydroxyl groups is 1. The van der Waals surface area contributed by atoms with Gasteiger partial charge in [-0.25, -0.2) is 9.78 Å². The fraction of sp³-hybridized carbons (Fsp3) is 0.227. The summed E-state index contributed by atoms with van der Waals surface area (Å²) in [6.45, 7) is 6.16. The van der Waals surface area contributed by atoms with Crippen LogP contribution in [0, 0.1) is 0 Å². The second-order valence-corrected chi connectivity index (χ2v) is 7.56. The predicted molar refractivity (Wildman–Crippen MR) is 116 cm³/mol. The number of aromatic nitrogens is 4. The number of carbonyl (C=O) groups is 1. The fourth-order valence-corrected chi connectivity index (χ4v) is 3.65. The van der Waals surface area contributed by atoms with E-state index in [2.05, 4.69) is 33.7 Å². The van der Waals surface area contributed by atoms with Crippen LogP contribution in [0.2, 0.25) is 0 Å². The van der Waals surface area contributed by atoms with E-state index in [1.807, 2.05) is 36.4 Å². The molecule has 0 aliphatic heterocycles. The summed E-state index contributed by atoms with van der Waals surface area (Å²) in [5, 5.41) is 12.9. The number of hydrogen-bond donors (Lipinski definition) is 4. The molecule has 1 amide bonds. The molecule has 2 aromatic heterocycles. The van der Waals surface area contributed by atoms with Gasteiger partial charge in [-0.3, -0.25) is 9.78 Å². The van der Waals surface area contributed by atoms with Crippen LogP contribution in [0.4, 0.5) is 5.69 Å². The molecule has 0 saturated carbocycles. The summed E-state index contributed by atoms with van der Waals surface area (Å²) in [5.41, 5.74) is 3.63. The Balaban J connectivity index is 1.83. The minimum Gasteiger partial charge on any atom is -0.493 e. The van der Waals surface area contributed by atoms with Crippen molar-refractivity contribution in [2.24, 2.45) is 0 Å². The first-order valence-electron chi connectivity index (χ1n) is 9.70. The van der Waals surface area contributed by atoms with Gasteiger partial charge in [-0.05, 0) is 29.8 Å². The maximum atomic E-state index is 11.7. The molecule has 2 heterocycles. The third-order valence-corrected chi connectivity index (χ3v) is 4.91. The highest BCUT2D eigenvalue weighted by Crippen LogP contribution is 2.33. The van der Waals surface area contributed by atoms with Crippen molar-refractivity contribution in [2.75, 3.05) is 5.32 Å². The van der Waals surface area contributed by atoms with Crippen LogP contribution in [0.3, 0.4) is 0 Å². The minimum atomic E-state index is -0.524. The molecule has 8 nitrogen and oxygen atoms in total. The summed E-state index contributed by atoms with van der Waals surface area (Å²) in [7, 11) is 0. The van der Waals surface area contributed by atoms with E-state index in [0.717, 1.165) is 22.4 Å². The second kappa shape index (κ2) is 7.55. The number of fused-ring (bicyclic) bond motifs is 1. The van der Waals surface area contributed by atoms with Gasteiger partial charge < -0.3 is 20.0 Å². The molecule has 4 rings (SSSR count). The van der Waals surface area contributed by atoms with Gasteiger partial charge in [0.05, 0.1) is 16.7 Å². The summed E-state index contributed by atoms with van der Waals surface area (Å²) in [5.74, 6) is 0.686. The van der Waals surface area contributed by atoms with Gasteiger partial charge in [0.15, 0.2) is 0 Å². The Hall–Kier alpha value is -3.81. The zero-order valence-corrected chi connectivity index (χ0v) is 17.0. The maximum Gasteiger partial charge on any atom is 0.326 e. The van der Waals surface area contributed by atoms with Crippen molar-refractivity contribution in [3.63, 3.8) is 0 Å². The number of nitrogens with one attached hydrogen (secondary N) is 3. The number of aromatic amines is 2. The van der Waals surface area contributed by atoms with Crippen LogP contribution in [0.5, 0.6) is 5.88 Å². The van der Waals surface area contributed by atoms with Gasteiger partial charge in [0, 0.05) is 24.9 Å². The van der Waals surface area contributed by atoms with Crippen molar-refractivity contribution in [2.45, 2.75) is 33.2 Å². The van der Waals surface area contributed by atoms with Gasteiger partial charge in [0.25, 0.3) is 0 Å². The van der Waals surface area contributed by atoms with E-state index in [1.165, 1.54) is 6.92 Å². The smallest absolute Gasteiger partial charge is 0.326 e. The lowest BCUT2D eigenvalue weighted by Crippen LogP contribution is -2.09. The minimum absolute atomic E-state index is 0.227. The van der Waals surface area contributed by atoms with Gasteiger partial charge in [-0.1, -0.05) is 32.0 Å². The van der Waals surface area contributed by atoms with Crippen molar-refractivity contribution in [1.82, 2.24) is 19.5 Å². The zero-order chi connectivity index (χ0) is 21.4. The number of anilines is 1. The van der Waals surface area contributed by atoms with Crippen LogP contribution in [0.15, 0.2) is 47.3 Å². The van der Waals surface area contributed by atoms with Gasteiger partial charge in [-0.2, -0.15) is 0 Å². The number of carbonyl (C=O) groups excluding carboxylic acids is 1. The second-order valence-electron chi connectivity index (χ2n) is 7.56. The number of amides is 1. The van der Waals surface area contributed by atoms with E-state index in [0.29, 0.717) is 17.8 Å². The number of rotatable bonds is 5. The van der Waals surface area contributed by atoms with Crippen molar-refractivity contribution in [3.05, 3.63) is 64.3 Å². The van der Waals surface area contributed by atoms with E-state index < -0.39 is 5.69 Å². The van der Waals surface area contributed by atoms with Gasteiger partial charge in [-0.15, -0.1) is 0 Å². The Morgan fingerprint density at radius 3 is 2.63 bits per heavy atom. The van der Waals surface area contributed by atoms with E-state index in [1.54, 1.807) is 6.07 Å². The molecule has 0 fully saturated rings. The highest BCUT2D eigenvalue weighted by atomic mass is 16.3. The molecule has 4 aromatic rings. The summed E-state index contributed by atoms with van der Waals surface area (Å²) in [4.78, 5) is 33.0. The molecule has 4 N–H and O–H groups in total. The van der Waals surface area contributed by atoms with Crippen LogP contribution in [0.25, 0.3) is 22.3 Å². The number of H-pyrrole nitrogens is 2. The summed E-state index contributed by atoms with van der Waals surface area (Å²) in [6.07, 6.45) is 0. The van der Waals surface area contributed by atoms with Gasteiger partial charge in [0.2, 0.25) is 11.8 Å². The highest BCUT2D eigenvalue weighted by molar-refractivity contribution is 5.94. The first kappa shape index (κ1) is 19.5. The monoisotopic (exact) mass is 405 g/mol. The van der Waals surface area contributed by atoms with E-state index in [-0.39, 0.29) is 23.4 Å². The lowest BCUT2D eigenvalue weighted by Gasteiger charge is -2.15. The number of hydrogen-bond acceptors (Lipinski definition) is 4. The molecule has 0 unspecified atom stereocenters. The fourth-order valence-electron chi connectivity index (χ4n) is 3.65. The zero-order valence-electron chi connectivity index (χ0n) is 17.0. The van der Waals surface area contributed by atoms with Gasteiger partial charge >= 0.3 is 5.69 Å². The van der Waals surface area contributed by atoms with Crippen molar-refractivity contribution >= 4 is 22.6 Å². The number of benzene rings is 2. The molecule has 154 valence electrons. The lowest BCUT2D eigenvalue weighted by molar-refractivity contribution is -0.114. The van der Waals surface area contributed by atoms with Crippen LogP contribution in [-0.4, -0.2) is 30.5 Å². The largest absolute Gasteiger partial charge is 0.493 e. The molecular formula is C22H23N5O3. The third-order valence-electron chi connectivity index (χ3n) is 4.91. The lowest BCUT2D eigenvalue weighted by atomic mass is 10.0. The topological polar surface area (TPSA) is 116 Å². The van der Waals surface area contributed by atoms with Crippen LogP contribution < -0.4 is 11.0 Å². The Bertz CT molecular complexity index is 1300. The molecule has 0 bridgehead atoms. The van der Waals surface area contributed by atoms with Crippen LogP contribution >= 0.6 is 0 Å². The van der Waals surface area contributed by atoms with E-state index in [9.17, 15) is 14.7 Å². The molecule has 0 spiro atoms. The number of nitrogens with zero attached hydrogens (tertiary/aromatic N) is 2. The Kier molecular flexibility index (Phi) is 4.91. The first-order valence-corrected chi connectivity index (χ1v) is 9.70. The molecule has 0 aliphatic rings. The molecule has 30 heavy (non-hydrogen) atoms. The van der Waals surface area contributed by atoms with E-state index >= 15 is 0 Å². The summed E-state index contributed by atoms with van der Waals surface area (Å²) >= 11 is 0. The standard InChI is InChI=1S/C22H23N5O3/c1-12(2)20-24-17-6-4-5-7-18(17)27(20)11-14-8-9-16(23-13(3)28)15(10-14)19-21(29)26-22(30)25-19/h4-10,12,29H,11H2,1-3H3,(H,23,28)(H2,25,26,30). The van der Waals surface area contributed by atoms with Crippen LogP contribution in [0.1, 0.15) is 38.1 Å². The SMILES string of the molecule is CC(=O)Nc1ccc(Cn2c(C(C)C)nc3ccccc32)cc1-c1[nH]c(=O)[nH]c1O. The maximum absolute atomic E-state index is 11.7. The Morgan fingerprint density at radius 2 is 1.97 bits per heavy atom. The quantitative estimate of drug-likeness (QED) is 0.406. The molecule has 0 aliphatic carbocycles. The normalized spacial score (nSPS) is 11.3. The average Bonchev–Trinajstić information content (AvgIpc) is 3.22. The summed E-state index contributed by atoms with van der Waals surface area (Å²) < 4.78 is 2.16. The Labute approximate surface area is 172 Å². The predicted octanol–water partition coefficient (Wildman–Crippen LogP) is 3.56. The molecular weight excluding hydrogens is 382 g/mol. The summed E-state index contributed by atoms with van der Waals surface area (Å²) in [6, 6.07) is 13.5. The molecule has 0 atom stereocenters. The highest BCUT2D eigenvalue weighted by Gasteiger charge is 2.17. The van der Waals surface area contributed by atoms with E-state index in [4.69, 9.17) is 4.98 Å². The van der Waals surface area contributed by atoms with Crippen molar-refractivity contribution in [1.29, 1.82) is 0 Å². The molecule has 2 aromatic carbocycles. The Morgan fingerprint density at radius 1 is 1.20 bits per heavy atom. The van der Waals surface area contributed by atoms with Crippen molar-refractivity contribution in [3.8, 4) is 17.1 Å². The third kappa shape index (κ3) is 3.59. The molecule has 8 heteroatoms. The van der Waals surface area contributed by atoms with Gasteiger partial charge in [0.1, 0.15) is 11.5 Å². The number of imidazole rings is 2. The van der Waals surface area contributed by atoms with Crippen molar-refractivity contribution < 1.29 is 9.90 Å². The molecule has 0 radical (unpaired) electrons. The first-order chi connectivity index (χ1) is 14.3.